The molecule has 0 fully saturated rings. The van der Waals surface area contributed by atoms with E-state index < -0.39 is 19.3 Å². The van der Waals surface area contributed by atoms with Crippen molar-refractivity contribution < 1.29 is 14.7 Å². The average molecular weight is 571 g/mol. The van der Waals surface area contributed by atoms with Crippen molar-refractivity contribution in [2.24, 2.45) is 0 Å². The Hall–Kier alpha value is -3.82. The van der Waals surface area contributed by atoms with Gasteiger partial charge in [0, 0.05) is 13.6 Å². The van der Waals surface area contributed by atoms with Crippen molar-refractivity contribution in [1.29, 1.82) is 0 Å². The zero-order valence-corrected chi connectivity index (χ0v) is 24.6. The van der Waals surface area contributed by atoms with E-state index in [1.165, 1.54) is 4.68 Å². The number of hydrogen-bond donors (Lipinski definition) is 2. The molecule has 39 heavy (non-hydrogen) atoms. The number of aromatic carboxylic acids is 1. The molecule has 0 aliphatic rings. The molecule has 8 nitrogen and oxygen atoms in total. The first-order valence-electron chi connectivity index (χ1n) is 11.8. The Kier molecular flexibility index (Phi) is 15.2. The molecule has 0 aliphatic heterocycles. The Morgan fingerprint density at radius 3 is 1.44 bits per heavy atom. The molecule has 10 heteroatoms. The van der Waals surface area contributed by atoms with Crippen molar-refractivity contribution in [2.75, 3.05) is 0 Å². The minimum absolute atomic E-state index is 0. The Morgan fingerprint density at radius 1 is 0.769 bits per heavy atom. The summed E-state index contributed by atoms with van der Waals surface area (Å²) in [5, 5.41) is 17.3. The lowest BCUT2D eigenvalue weighted by atomic mass is 10.2. The van der Waals surface area contributed by atoms with Gasteiger partial charge in [-0.15, -0.1) is 0 Å². The monoisotopic (exact) mass is 570 g/mol. The normalized spacial score (nSPS) is 9.74. The van der Waals surface area contributed by atoms with E-state index in [2.05, 4.69) is 41.7 Å². The lowest BCUT2D eigenvalue weighted by Crippen LogP contribution is -2.15. The van der Waals surface area contributed by atoms with Crippen molar-refractivity contribution in [3.63, 3.8) is 0 Å². The number of nitrogens with one attached hydrogen (secondary N) is 1. The minimum Gasteiger partial charge on any atom is -0.478 e. The highest BCUT2D eigenvalue weighted by Crippen LogP contribution is 2.06. The summed E-state index contributed by atoms with van der Waals surface area (Å²) in [5.41, 5.74) is 4.61. The zero-order valence-electron chi connectivity index (χ0n) is 22.8. The molecule has 0 saturated heterocycles. The molecule has 1 aromatic heterocycles. The van der Waals surface area contributed by atoms with E-state index in [0.29, 0.717) is 16.8 Å². The van der Waals surface area contributed by atoms with Crippen LogP contribution < -0.4 is 5.69 Å². The number of aromatic nitrogens is 4. The van der Waals surface area contributed by atoms with E-state index in [1.807, 2.05) is 57.2 Å². The molecule has 0 saturated carbocycles. The molecule has 0 spiro atoms. The summed E-state index contributed by atoms with van der Waals surface area (Å²) in [6.07, 6.45) is 0. The summed E-state index contributed by atoms with van der Waals surface area (Å²) in [6, 6.07) is 21.4. The van der Waals surface area contributed by atoms with Crippen LogP contribution in [0, 0.1) is 20.8 Å². The molecule has 0 atom stereocenters. The SMILES string of the molecule is C.C[Si](C)(C)C.Cc1ccc(-n2nn[nH]c2=O)cc1.Cc1ccc(C(=O)Cl)cc1.Cc1ccc(C(=O)O)cc1. The number of aromatic amines is 1. The smallest absolute Gasteiger partial charge is 0.365 e. The highest BCUT2D eigenvalue weighted by Gasteiger charge is 2.01. The average Bonchev–Trinajstić information content (AvgIpc) is 3.26. The number of hydrogen-bond acceptors (Lipinski definition) is 5. The first-order valence-corrected chi connectivity index (χ1v) is 16.2. The first-order chi connectivity index (χ1) is 17.7. The largest absolute Gasteiger partial charge is 0.478 e. The zero-order chi connectivity index (χ0) is 28.9. The summed E-state index contributed by atoms with van der Waals surface area (Å²) >= 11 is 5.22. The summed E-state index contributed by atoms with van der Waals surface area (Å²) < 4.78 is 1.21. The summed E-state index contributed by atoms with van der Waals surface area (Å²) in [7, 11) is -0.611. The summed E-state index contributed by atoms with van der Waals surface area (Å²) in [4.78, 5) is 31.9. The van der Waals surface area contributed by atoms with E-state index in [0.717, 1.165) is 16.7 Å². The number of rotatable bonds is 3. The molecular formula is C29H39ClN4O4Si. The van der Waals surface area contributed by atoms with Gasteiger partial charge in [0.2, 0.25) is 0 Å². The lowest BCUT2D eigenvalue weighted by Gasteiger charge is -2.01. The van der Waals surface area contributed by atoms with Crippen LogP contribution in [-0.4, -0.2) is 44.6 Å². The van der Waals surface area contributed by atoms with Gasteiger partial charge in [-0.3, -0.25) is 4.79 Å². The molecule has 3 aromatic carbocycles. The number of carbonyl (C=O) groups excluding carboxylic acids is 1. The van der Waals surface area contributed by atoms with Crippen molar-refractivity contribution >= 4 is 30.9 Å². The second-order valence-electron chi connectivity index (χ2n) is 10.1. The van der Waals surface area contributed by atoms with Gasteiger partial charge in [0.05, 0.1) is 11.3 Å². The van der Waals surface area contributed by atoms with Crippen LogP contribution >= 0.6 is 11.6 Å². The number of carbonyl (C=O) groups is 2. The number of benzene rings is 3. The lowest BCUT2D eigenvalue weighted by molar-refractivity contribution is 0.0696. The molecule has 210 valence electrons. The van der Waals surface area contributed by atoms with Gasteiger partial charge in [-0.25, -0.2) is 14.7 Å². The number of aryl methyl sites for hydroxylation is 3. The molecule has 0 radical (unpaired) electrons. The van der Waals surface area contributed by atoms with Crippen molar-refractivity contribution in [1.82, 2.24) is 20.2 Å². The van der Waals surface area contributed by atoms with Crippen LogP contribution in [0.5, 0.6) is 0 Å². The first kappa shape index (κ1) is 35.2. The fraction of sp³-hybridized carbons (Fsp3) is 0.276. The van der Waals surface area contributed by atoms with Gasteiger partial charge < -0.3 is 5.11 Å². The van der Waals surface area contributed by atoms with Crippen LogP contribution in [0.1, 0.15) is 44.8 Å². The molecular weight excluding hydrogens is 532 g/mol. The third-order valence-corrected chi connectivity index (χ3v) is 4.55. The highest BCUT2D eigenvalue weighted by molar-refractivity contribution is 6.74. The van der Waals surface area contributed by atoms with Crippen LogP contribution in [0.4, 0.5) is 0 Å². The fourth-order valence-electron chi connectivity index (χ4n) is 2.43. The Labute approximate surface area is 236 Å². The molecule has 2 N–H and O–H groups in total. The van der Waals surface area contributed by atoms with E-state index >= 15 is 0 Å². The van der Waals surface area contributed by atoms with Gasteiger partial charge in [0.1, 0.15) is 0 Å². The maximum atomic E-state index is 11.1. The Morgan fingerprint density at radius 2 is 1.13 bits per heavy atom. The molecule has 0 unspecified atom stereocenters. The maximum Gasteiger partial charge on any atom is 0.365 e. The number of halogens is 1. The Balaban J connectivity index is 0.000000511. The van der Waals surface area contributed by atoms with Gasteiger partial charge in [0.15, 0.2) is 0 Å². The Bertz CT molecular complexity index is 1280. The van der Waals surface area contributed by atoms with Gasteiger partial charge >= 0.3 is 11.7 Å². The molecule has 1 heterocycles. The van der Waals surface area contributed by atoms with Gasteiger partial charge in [-0.05, 0) is 79.2 Å². The number of H-pyrrole nitrogens is 1. The van der Waals surface area contributed by atoms with E-state index in [-0.39, 0.29) is 13.1 Å². The topological polar surface area (TPSA) is 118 Å². The van der Waals surface area contributed by atoms with Crippen molar-refractivity contribution in [3.8, 4) is 5.69 Å². The van der Waals surface area contributed by atoms with Gasteiger partial charge in [-0.2, -0.15) is 4.68 Å². The predicted molar refractivity (Wildman–Crippen MR) is 162 cm³/mol. The number of tetrazole rings is 1. The fourth-order valence-corrected chi connectivity index (χ4v) is 2.56. The van der Waals surface area contributed by atoms with Crippen molar-refractivity contribution in [2.45, 2.75) is 54.4 Å². The van der Waals surface area contributed by atoms with E-state index in [4.69, 9.17) is 16.7 Å². The van der Waals surface area contributed by atoms with Crippen LogP contribution in [0.15, 0.2) is 77.6 Å². The second-order valence-corrected chi connectivity index (χ2v) is 16.4. The highest BCUT2D eigenvalue weighted by atomic mass is 35.5. The third-order valence-electron chi connectivity index (χ3n) is 4.33. The molecule has 0 aliphatic carbocycles. The molecule has 4 rings (SSSR count). The van der Waals surface area contributed by atoms with E-state index in [1.54, 1.807) is 36.4 Å². The van der Waals surface area contributed by atoms with Gasteiger partial charge in [-0.1, -0.05) is 86.7 Å². The van der Waals surface area contributed by atoms with Gasteiger partial charge in [0.25, 0.3) is 5.24 Å². The van der Waals surface area contributed by atoms with Crippen LogP contribution in [0.25, 0.3) is 5.69 Å². The summed E-state index contributed by atoms with van der Waals surface area (Å²) in [6.45, 7) is 15.2. The standard InChI is InChI=1S/C8H7ClO.C8H8N4O.C8H8O2.C4H12Si.CH4/c1-6-2-4-7(5-3-6)8(9)10;1-6-2-4-7(5-3-6)12-8(13)9-10-11-12;1-6-2-4-7(5-3-6)8(9)10;1-5(2,3)4;/h2-5H,1H3;2-5H,1H3,(H,9,11,13);2-5H,1H3,(H,9,10);1-4H3;1H4. The molecule has 0 bridgehead atoms. The summed E-state index contributed by atoms with van der Waals surface area (Å²) in [5.74, 6) is -0.875. The van der Waals surface area contributed by atoms with Crippen LogP contribution in [0.2, 0.25) is 26.2 Å². The van der Waals surface area contributed by atoms with E-state index in [9.17, 15) is 14.4 Å². The number of nitrogens with zero attached hydrogens (tertiary/aromatic N) is 3. The minimum atomic E-state index is -0.875. The quantitative estimate of drug-likeness (QED) is 0.204. The number of carboxylic acid groups (broad SMARTS) is 1. The van der Waals surface area contributed by atoms with Crippen LogP contribution in [0.3, 0.4) is 0 Å². The molecule has 4 aromatic rings. The number of carboxylic acids is 1. The van der Waals surface area contributed by atoms with Crippen LogP contribution in [-0.2, 0) is 0 Å². The second kappa shape index (κ2) is 16.9. The van der Waals surface area contributed by atoms with Crippen molar-refractivity contribution in [3.05, 3.63) is 111 Å². The maximum absolute atomic E-state index is 11.1. The predicted octanol–water partition coefficient (Wildman–Crippen LogP) is 6.92. The third kappa shape index (κ3) is 15.2. The molecule has 0 amide bonds.